The van der Waals surface area contributed by atoms with E-state index in [1.54, 1.807) is 19.2 Å². The van der Waals surface area contributed by atoms with Crippen molar-refractivity contribution in [2.75, 3.05) is 13.7 Å². The molecule has 110 valence electrons. The summed E-state index contributed by atoms with van der Waals surface area (Å²) in [4.78, 5) is 0. The van der Waals surface area contributed by atoms with Crippen LogP contribution in [0.1, 0.15) is 24.7 Å². The zero-order valence-corrected chi connectivity index (χ0v) is 11.8. The van der Waals surface area contributed by atoms with E-state index in [1.807, 2.05) is 4.57 Å². The van der Waals surface area contributed by atoms with Gasteiger partial charge in [-0.05, 0) is 30.9 Å². The van der Waals surface area contributed by atoms with Crippen LogP contribution in [-0.2, 0) is 6.54 Å². The summed E-state index contributed by atoms with van der Waals surface area (Å²) in [5.74, 6) is 2.29. The Balaban J connectivity index is 1.84. The van der Waals surface area contributed by atoms with Gasteiger partial charge in [0, 0.05) is 13.1 Å². The van der Waals surface area contributed by atoms with Gasteiger partial charge in [0.15, 0.2) is 11.6 Å². The van der Waals surface area contributed by atoms with E-state index < -0.39 is 0 Å². The van der Waals surface area contributed by atoms with Gasteiger partial charge >= 0.3 is 0 Å². The Kier molecular flexibility index (Phi) is 2.92. The van der Waals surface area contributed by atoms with Crippen molar-refractivity contribution in [3.63, 3.8) is 0 Å². The Labute approximate surface area is 122 Å². The topological polar surface area (TPSA) is 52.0 Å². The lowest BCUT2D eigenvalue weighted by molar-refractivity contribution is 0.381. The lowest BCUT2D eigenvalue weighted by Crippen LogP contribution is -2.35. The molecule has 1 aromatic heterocycles. The van der Waals surface area contributed by atoms with E-state index in [0.717, 1.165) is 18.9 Å². The van der Waals surface area contributed by atoms with E-state index in [-0.39, 0.29) is 11.9 Å². The molecule has 0 spiro atoms. The molecule has 6 heteroatoms. The first kappa shape index (κ1) is 12.8. The fourth-order valence-electron chi connectivity index (χ4n) is 3.07. The van der Waals surface area contributed by atoms with E-state index in [1.165, 1.54) is 18.9 Å². The highest BCUT2D eigenvalue weighted by atomic mass is 19.1. The zero-order valence-electron chi connectivity index (χ0n) is 11.8. The Morgan fingerprint density at radius 3 is 2.95 bits per heavy atom. The molecule has 1 unspecified atom stereocenters. The van der Waals surface area contributed by atoms with Crippen LogP contribution in [-0.4, -0.2) is 28.4 Å². The lowest BCUT2D eigenvalue weighted by atomic mass is 10.1. The Morgan fingerprint density at radius 2 is 2.19 bits per heavy atom. The number of halogens is 1. The highest BCUT2D eigenvalue weighted by Crippen LogP contribution is 2.42. The van der Waals surface area contributed by atoms with Crippen LogP contribution >= 0.6 is 0 Å². The number of nitrogens with one attached hydrogen (secondary N) is 1. The van der Waals surface area contributed by atoms with Gasteiger partial charge in [-0.1, -0.05) is 6.07 Å². The number of hydrogen-bond acceptors (Lipinski definition) is 4. The summed E-state index contributed by atoms with van der Waals surface area (Å²) >= 11 is 0. The second kappa shape index (κ2) is 4.80. The molecule has 1 fully saturated rings. The molecule has 1 N–H and O–H groups in total. The molecule has 0 radical (unpaired) electrons. The van der Waals surface area contributed by atoms with E-state index in [2.05, 4.69) is 15.5 Å². The van der Waals surface area contributed by atoms with Crippen molar-refractivity contribution in [3.05, 3.63) is 29.8 Å². The lowest BCUT2D eigenvalue weighted by Gasteiger charge is -2.25. The SMILES string of the molecule is COc1cccc(F)c1-c1nnc2n1CCNC2C1CC1. The molecule has 21 heavy (non-hydrogen) atoms. The second-order valence-electron chi connectivity index (χ2n) is 5.62. The van der Waals surface area contributed by atoms with Crippen molar-refractivity contribution in [2.45, 2.75) is 25.4 Å². The molecule has 2 aliphatic rings. The number of methoxy groups -OCH3 is 1. The van der Waals surface area contributed by atoms with Gasteiger partial charge in [0.25, 0.3) is 0 Å². The maximum atomic E-state index is 14.3. The summed E-state index contributed by atoms with van der Waals surface area (Å²) < 4.78 is 21.6. The van der Waals surface area contributed by atoms with E-state index in [0.29, 0.717) is 23.1 Å². The number of aromatic nitrogens is 3. The average molecular weight is 288 g/mol. The first-order valence-electron chi connectivity index (χ1n) is 7.29. The molecule has 0 amide bonds. The summed E-state index contributed by atoms with van der Waals surface area (Å²) in [6.07, 6.45) is 2.45. The van der Waals surface area contributed by atoms with Crippen molar-refractivity contribution >= 4 is 0 Å². The second-order valence-corrected chi connectivity index (χ2v) is 5.62. The largest absolute Gasteiger partial charge is 0.496 e. The van der Waals surface area contributed by atoms with Gasteiger partial charge in [0.2, 0.25) is 0 Å². The van der Waals surface area contributed by atoms with Crippen molar-refractivity contribution in [3.8, 4) is 17.1 Å². The molecule has 2 aromatic rings. The van der Waals surface area contributed by atoms with Crippen LogP contribution in [0.25, 0.3) is 11.4 Å². The van der Waals surface area contributed by atoms with Gasteiger partial charge in [-0.2, -0.15) is 0 Å². The van der Waals surface area contributed by atoms with Gasteiger partial charge in [-0.15, -0.1) is 10.2 Å². The predicted octanol–water partition coefficient (Wildman–Crippen LogP) is 2.15. The molecule has 2 heterocycles. The number of rotatable bonds is 3. The summed E-state index contributed by atoms with van der Waals surface area (Å²) in [7, 11) is 1.54. The number of nitrogens with zero attached hydrogens (tertiary/aromatic N) is 3. The number of hydrogen-bond donors (Lipinski definition) is 1. The third-order valence-corrected chi connectivity index (χ3v) is 4.27. The number of ether oxygens (including phenoxy) is 1. The minimum atomic E-state index is -0.328. The first-order valence-corrected chi connectivity index (χ1v) is 7.29. The maximum Gasteiger partial charge on any atom is 0.170 e. The Hall–Kier alpha value is -1.95. The highest BCUT2D eigenvalue weighted by molar-refractivity contribution is 5.65. The van der Waals surface area contributed by atoms with Crippen LogP contribution in [0.5, 0.6) is 5.75 Å². The number of benzene rings is 1. The molecule has 0 bridgehead atoms. The summed E-state index contributed by atoms with van der Waals surface area (Å²) in [6.45, 7) is 1.61. The molecular weight excluding hydrogens is 271 g/mol. The van der Waals surface area contributed by atoms with Crippen molar-refractivity contribution in [1.82, 2.24) is 20.1 Å². The van der Waals surface area contributed by atoms with E-state index >= 15 is 0 Å². The van der Waals surface area contributed by atoms with Gasteiger partial charge in [0.1, 0.15) is 11.6 Å². The molecule has 0 saturated heterocycles. The zero-order chi connectivity index (χ0) is 14.4. The fourth-order valence-corrected chi connectivity index (χ4v) is 3.07. The first-order chi connectivity index (χ1) is 10.3. The van der Waals surface area contributed by atoms with Crippen LogP contribution in [0.15, 0.2) is 18.2 Å². The van der Waals surface area contributed by atoms with Crippen LogP contribution in [0.4, 0.5) is 4.39 Å². The summed E-state index contributed by atoms with van der Waals surface area (Å²) in [5.41, 5.74) is 0.398. The molecule has 1 aliphatic carbocycles. The summed E-state index contributed by atoms with van der Waals surface area (Å²) in [6, 6.07) is 5.07. The van der Waals surface area contributed by atoms with E-state index in [9.17, 15) is 4.39 Å². The average Bonchev–Trinajstić information content (AvgIpc) is 3.26. The van der Waals surface area contributed by atoms with Crippen LogP contribution in [0, 0.1) is 11.7 Å². The number of fused-ring (bicyclic) bond motifs is 1. The third-order valence-electron chi connectivity index (χ3n) is 4.27. The standard InChI is InChI=1S/C15H17FN4O/c1-21-11-4-2-3-10(16)12(11)14-18-19-15-13(9-5-6-9)17-7-8-20(14)15/h2-4,9,13,17H,5-8H2,1H3. The molecule has 1 saturated carbocycles. The molecular formula is C15H17FN4O. The molecule has 1 aromatic carbocycles. The Bertz CT molecular complexity index is 680. The van der Waals surface area contributed by atoms with Crippen LogP contribution in [0.3, 0.4) is 0 Å². The monoisotopic (exact) mass is 288 g/mol. The van der Waals surface area contributed by atoms with Crippen LogP contribution < -0.4 is 10.1 Å². The van der Waals surface area contributed by atoms with Gasteiger partial charge < -0.3 is 14.6 Å². The quantitative estimate of drug-likeness (QED) is 0.940. The van der Waals surface area contributed by atoms with Crippen molar-refractivity contribution in [1.29, 1.82) is 0 Å². The third kappa shape index (κ3) is 2.01. The highest BCUT2D eigenvalue weighted by Gasteiger charge is 2.38. The van der Waals surface area contributed by atoms with Gasteiger partial charge in [0.05, 0.1) is 18.7 Å². The molecule has 4 rings (SSSR count). The maximum absolute atomic E-state index is 14.3. The minimum absolute atomic E-state index is 0.248. The molecule has 1 atom stereocenters. The summed E-state index contributed by atoms with van der Waals surface area (Å²) in [5, 5.41) is 12.1. The smallest absolute Gasteiger partial charge is 0.170 e. The minimum Gasteiger partial charge on any atom is -0.496 e. The van der Waals surface area contributed by atoms with Crippen molar-refractivity contribution < 1.29 is 9.13 Å². The van der Waals surface area contributed by atoms with Crippen molar-refractivity contribution in [2.24, 2.45) is 5.92 Å². The van der Waals surface area contributed by atoms with Crippen LogP contribution in [0.2, 0.25) is 0 Å². The molecule has 5 nitrogen and oxygen atoms in total. The normalized spacial score (nSPS) is 21.1. The molecule has 1 aliphatic heterocycles. The van der Waals surface area contributed by atoms with Gasteiger partial charge in [-0.25, -0.2) is 4.39 Å². The predicted molar refractivity (Wildman–Crippen MR) is 75.4 cm³/mol. The van der Waals surface area contributed by atoms with Gasteiger partial charge in [-0.3, -0.25) is 0 Å². The Morgan fingerprint density at radius 1 is 1.33 bits per heavy atom. The fraction of sp³-hybridized carbons (Fsp3) is 0.467. The van der Waals surface area contributed by atoms with E-state index in [4.69, 9.17) is 4.74 Å².